The normalized spacial score (nSPS) is 14.7. The monoisotopic (exact) mass is 461 g/mol. The van der Waals surface area contributed by atoms with Gasteiger partial charge in [-0.1, -0.05) is 51.1 Å². The van der Waals surface area contributed by atoms with Crippen molar-refractivity contribution in [1.29, 1.82) is 0 Å². The molecule has 176 valence electrons. The number of amides is 1. The van der Waals surface area contributed by atoms with Gasteiger partial charge in [-0.25, -0.2) is 9.59 Å². The number of benzene rings is 1. The summed E-state index contributed by atoms with van der Waals surface area (Å²) >= 11 is 0. The molecule has 1 aromatic carbocycles. The molecule has 0 saturated heterocycles. The van der Waals surface area contributed by atoms with Crippen molar-refractivity contribution in [3.63, 3.8) is 0 Å². The lowest BCUT2D eigenvalue weighted by Gasteiger charge is -2.35. The van der Waals surface area contributed by atoms with Crippen molar-refractivity contribution in [2.24, 2.45) is 11.8 Å². The number of esters is 1. The van der Waals surface area contributed by atoms with E-state index in [-0.39, 0.29) is 26.1 Å². The molecule has 0 aromatic heterocycles. The van der Waals surface area contributed by atoms with E-state index in [4.69, 9.17) is 4.74 Å². The van der Waals surface area contributed by atoms with Crippen molar-refractivity contribution in [3.8, 4) is 0 Å². The first-order chi connectivity index (χ1) is 14.1. The highest BCUT2D eigenvalue weighted by molar-refractivity contribution is 5.81. The Labute approximate surface area is 173 Å². The molecule has 0 saturated carbocycles. The molecule has 1 rings (SSSR count). The first kappa shape index (κ1) is 26.5. The molecule has 0 bridgehead atoms. The molecular formula is C19H22F7NO4. The summed E-state index contributed by atoms with van der Waals surface area (Å²) in [6.07, 6.45) is -8.07. The molecule has 0 aliphatic heterocycles. The Bertz CT molecular complexity index is 739. The van der Waals surface area contributed by atoms with Crippen molar-refractivity contribution in [1.82, 2.24) is 5.32 Å². The first-order valence-corrected chi connectivity index (χ1v) is 9.07. The highest BCUT2D eigenvalue weighted by Crippen LogP contribution is 2.50. The Balaban J connectivity index is 3.06. The van der Waals surface area contributed by atoms with Crippen LogP contribution in [0.3, 0.4) is 0 Å². The molecule has 0 radical (unpaired) electrons. The fourth-order valence-electron chi connectivity index (χ4n) is 2.30. The summed E-state index contributed by atoms with van der Waals surface area (Å²) in [7, 11) is 0. The van der Waals surface area contributed by atoms with E-state index in [2.05, 4.69) is 4.74 Å². The third-order valence-electron chi connectivity index (χ3n) is 4.15. The van der Waals surface area contributed by atoms with Crippen molar-refractivity contribution < 1.29 is 49.8 Å². The van der Waals surface area contributed by atoms with Crippen LogP contribution in [0.15, 0.2) is 30.3 Å². The van der Waals surface area contributed by atoms with Gasteiger partial charge in [-0.15, -0.1) is 0 Å². The van der Waals surface area contributed by atoms with Gasteiger partial charge in [0.25, 0.3) is 0 Å². The van der Waals surface area contributed by atoms with Gasteiger partial charge in [0.1, 0.15) is 12.6 Å². The first-order valence-electron chi connectivity index (χ1n) is 9.07. The number of rotatable bonds is 9. The lowest BCUT2D eigenvalue weighted by atomic mass is 9.90. The Morgan fingerprint density at radius 3 is 1.97 bits per heavy atom. The van der Waals surface area contributed by atoms with Crippen LogP contribution < -0.4 is 5.32 Å². The minimum Gasteiger partial charge on any atom is -0.464 e. The van der Waals surface area contributed by atoms with E-state index in [9.17, 15) is 40.3 Å². The van der Waals surface area contributed by atoms with Gasteiger partial charge in [0, 0.05) is 0 Å². The predicted octanol–water partition coefficient (Wildman–Crippen LogP) is 4.95. The van der Waals surface area contributed by atoms with Crippen LogP contribution in [-0.2, 0) is 20.9 Å². The van der Waals surface area contributed by atoms with Crippen LogP contribution in [0.5, 0.6) is 0 Å². The number of ether oxygens (including phenoxy) is 2. The standard InChI is InChI=1S/C19H22F7NO4/c1-11(2)9-30-15(28)14(12(3)17(20,21)18(22,23)19(24,25)26)27-16(29)31-10-13-7-5-4-6-8-13/h4-8,11-12,14H,9-10H2,1-3H3,(H,27,29). The van der Waals surface area contributed by atoms with Crippen LogP contribution in [-0.4, -0.2) is 42.7 Å². The van der Waals surface area contributed by atoms with E-state index in [0.717, 1.165) is 0 Å². The van der Waals surface area contributed by atoms with E-state index in [0.29, 0.717) is 5.56 Å². The van der Waals surface area contributed by atoms with Gasteiger partial charge >= 0.3 is 30.1 Å². The van der Waals surface area contributed by atoms with Gasteiger partial charge in [-0.05, 0) is 11.5 Å². The maximum Gasteiger partial charge on any atom is 0.459 e. The average molecular weight is 461 g/mol. The molecule has 2 unspecified atom stereocenters. The fraction of sp³-hybridized carbons (Fsp3) is 0.579. The molecule has 0 heterocycles. The summed E-state index contributed by atoms with van der Waals surface area (Å²) < 4.78 is 102. The minimum absolute atomic E-state index is 0.276. The molecule has 2 atom stereocenters. The van der Waals surface area contributed by atoms with Crippen LogP contribution in [0.1, 0.15) is 26.3 Å². The number of carbonyl (C=O) groups excluding carboxylic acids is 2. The fourth-order valence-corrected chi connectivity index (χ4v) is 2.30. The van der Waals surface area contributed by atoms with Crippen molar-refractivity contribution in [2.45, 2.75) is 51.4 Å². The van der Waals surface area contributed by atoms with E-state index in [1.165, 1.54) is 0 Å². The molecule has 0 aliphatic rings. The number of hydrogen-bond acceptors (Lipinski definition) is 4. The molecule has 0 spiro atoms. The van der Waals surface area contributed by atoms with Crippen LogP contribution in [0.4, 0.5) is 35.5 Å². The second kappa shape index (κ2) is 10.2. The van der Waals surface area contributed by atoms with Gasteiger partial charge in [0.2, 0.25) is 0 Å². The Morgan fingerprint density at radius 2 is 1.48 bits per heavy atom. The molecule has 0 aliphatic carbocycles. The van der Waals surface area contributed by atoms with Crippen LogP contribution >= 0.6 is 0 Å². The molecule has 1 N–H and O–H groups in total. The summed E-state index contributed by atoms with van der Waals surface area (Å²) in [6.45, 7) is 2.70. The van der Waals surface area contributed by atoms with Gasteiger partial charge in [-0.3, -0.25) is 0 Å². The number of halogens is 7. The smallest absolute Gasteiger partial charge is 0.459 e. The highest BCUT2D eigenvalue weighted by Gasteiger charge is 2.75. The Hall–Kier alpha value is -2.53. The van der Waals surface area contributed by atoms with Gasteiger partial charge in [0.05, 0.1) is 12.5 Å². The summed E-state index contributed by atoms with van der Waals surface area (Å²) in [4.78, 5) is 24.1. The maximum absolute atomic E-state index is 14.1. The minimum atomic E-state index is -6.59. The summed E-state index contributed by atoms with van der Waals surface area (Å²) in [5, 5.41) is 1.62. The molecule has 5 nitrogen and oxygen atoms in total. The predicted molar refractivity (Wildman–Crippen MR) is 94.5 cm³/mol. The third kappa shape index (κ3) is 6.73. The second-order valence-electron chi connectivity index (χ2n) is 7.19. The lowest BCUT2D eigenvalue weighted by molar-refractivity contribution is -0.365. The van der Waals surface area contributed by atoms with Gasteiger partial charge in [-0.2, -0.15) is 30.7 Å². The SMILES string of the molecule is CC(C)COC(=O)C(NC(=O)OCc1ccccc1)C(C)C(F)(F)C(F)(F)C(F)(F)F. The zero-order valence-corrected chi connectivity index (χ0v) is 16.8. The number of alkyl halides is 7. The summed E-state index contributed by atoms with van der Waals surface area (Å²) in [5.74, 6) is -17.1. The van der Waals surface area contributed by atoms with E-state index < -0.39 is 42.0 Å². The molecule has 12 heteroatoms. The quantitative estimate of drug-likeness (QED) is 0.418. The zero-order valence-electron chi connectivity index (χ0n) is 16.8. The molecular weight excluding hydrogens is 439 g/mol. The van der Waals surface area contributed by atoms with Crippen LogP contribution in [0.25, 0.3) is 0 Å². The molecule has 1 aromatic rings. The second-order valence-corrected chi connectivity index (χ2v) is 7.19. The maximum atomic E-state index is 14.1. The third-order valence-corrected chi connectivity index (χ3v) is 4.15. The van der Waals surface area contributed by atoms with Crippen molar-refractivity contribution in [2.75, 3.05) is 6.61 Å². The van der Waals surface area contributed by atoms with Gasteiger partial charge in [0.15, 0.2) is 0 Å². The van der Waals surface area contributed by atoms with Crippen molar-refractivity contribution in [3.05, 3.63) is 35.9 Å². The number of alkyl carbamates (subject to hydrolysis) is 1. The number of hydrogen-bond donors (Lipinski definition) is 1. The highest BCUT2D eigenvalue weighted by atomic mass is 19.4. The Kier molecular flexibility index (Phi) is 8.71. The summed E-state index contributed by atoms with van der Waals surface area (Å²) in [5.41, 5.74) is 0.471. The van der Waals surface area contributed by atoms with E-state index >= 15 is 0 Å². The van der Waals surface area contributed by atoms with E-state index in [1.54, 1.807) is 49.5 Å². The van der Waals surface area contributed by atoms with Gasteiger partial charge < -0.3 is 14.8 Å². The largest absolute Gasteiger partial charge is 0.464 e. The van der Waals surface area contributed by atoms with Crippen LogP contribution in [0, 0.1) is 11.8 Å². The van der Waals surface area contributed by atoms with Crippen LogP contribution in [0.2, 0.25) is 0 Å². The molecule has 1 amide bonds. The lowest BCUT2D eigenvalue weighted by Crippen LogP contribution is -2.61. The zero-order chi connectivity index (χ0) is 24.0. The Morgan fingerprint density at radius 1 is 0.935 bits per heavy atom. The average Bonchev–Trinajstić information content (AvgIpc) is 2.67. The number of carbonyl (C=O) groups is 2. The number of nitrogens with one attached hydrogen (secondary N) is 1. The van der Waals surface area contributed by atoms with E-state index in [1.807, 2.05) is 0 Å². The topological polar surface area (TPSA) is 64.6 Å². The molecule has 0 fully saturated rings. The van der Waals surface area contributed by atoms with Crippen molar-refractivity contribution >= 4 is 12.1 Å². The molecule has 31 heavy (non-hydrogen) atoms. The summed E-state index contributed by atoms with van der Waals surface area (Å²) in [6, 6.07) is 5.42.